The number of rotatable bonds is 3. The van der Waals surface area contributed by atoms with E-state index in [1.165, 1.54) is 0 Å². The Bertz CT molecular complexity index is 529. The number of carbonyl (C=O) groups excluding carboxylic acids is 3. The van der Waals surface area contributed by atoms with Crippen LogP contribution in [-0.4, -0.2) is 17.6 Å². The highest BCUT2D eigenvalue weighted by Gasteiger charge is 2.28. The fraction of sp³-hybridized carbons (Fsp3) is 0.154. The predicted molar refractivity (Wildman–Crippen MR) is 61.2 cm³/mol. The van der Waals surface area contributed by atoms with Crippen molar-refractivity contribution in [3.63, 3.8) is 0 Å². The number of carbonyl (C=O) groups is 3. The average molecular weight is 229 g/mol. The van der Waals surface area contributed by atoms with Crippen LogP contribution in [0.2, 0.25) is 0 Å². The van der Waals surface area contributed by atoms with Crippen molar-refractivity contribution in [3.8, 4) is 0 Å². The maximum atomic E-state index is 11.9. The predicted octanol–water partition coefficient (Wildman–Crippen LogP) is 1.23. The molecule has 0 aromatic heterocycles. The van der Waals surface area contributed by atoms with Crippen LogP contribution in [0.4, 0.5) is 0 Å². The molecule has 0 fully saturated rings. The molecule has 0 atom stereocenters. The van der Waals surface area contributed by atoms with Crippen LogP contribution < -0.4 is 5.32 Å². The molecule has 17 heavy (non-hydrogen) atoms. The van der Waals surface area contributed by atoms with Crippen molar-refractivity contribution >= 4 is 17.6 Å². The molecule has 0 radical (unpaired) electrons. The molecule has 0 saturated heterocycles. The molecule has 2 rings (SSSR count). The third-order valence-electron chi connectivity index (χ3n) is 2.73. The average Bonchev–Trinajstić information content (AvgIpc) is 2.57. The normalized spacial score (nSPS) is 15.1. The Hall–Kier alpha value is -2.23. The number of hydrogen-bond donors (Lipinski definition) is 1. The van der Waals surface area contributed by atoms with E-state index in [0.29, 0.717) is 11.1 Å². The number of Topliss-reactive ketones (excluding diaryl/α,β-unsaturated/α-hetero) is 1. The lowest BCUT2D eigenvalue weighted by Gasteiger charge is -2.01. The van der Waals surface area contributed by atoms with Crippen LogP contribution in [-0.2, 0) is 9.59 Å². The highest BCUT2D eigenvalue weighted by molar-refractivity contribution is 6.21. The summed E-state index contributed by atoms with van der Waals surface area (Å²) in [4.78, 5) is 34.5. The topological polar surface area (TPSA) is 63.2 Å². The summed E-state index contributed by atoms with van der Waals surface area (Å²) in [5.41, 5.74) is 1.14. The summed E-state index contributed by atoms with van der Waals surface area (Å²) >= 11 is 0. The molecule has 1 N–H and O–H groups in total. The lowest BCUT2D eigenvalue weighted by atomic mass is 10.0. The molecule has 86 valence electrons. The molecule has 0 aliphatic carbocycles. The van der Waals surface area contributed by atoms with Gasteiger partial charge in [-0.15, -0.1) is 0 Å². The number of hydrogen-bond acceptors (Lipinski definition) is 3. The zero-order valence-electron chi connectivity index (χ0n) is 9.32. The fourth-order valence-corrected chi connectivity index (χ4v) is 1.68. The van der Waals surface area contributed by atoms with Crippen molar-refractivity contribution in [1.82, 2.24) is 5.32 Å². The summed E-state index contributed by atoms with van der Waals surface area (Å²) in [5, 5.41) is 2.17. The molecule has 0 unspecified atom stereocenters. The van der Waals surface area contributed by atoms with Crippen LogP contribution in [0.1, 0.15) is 23.7 Å². The Labute approximate surface area is 98.3 Å². The number of ketones is 1. The van der Waals surface area contributed by atoms with E-state index in [-0.39, 0.29) is 17.8 Å². The van der Waals surface area contributed by atoms with Gasteiger partial charge in [-0.3, -0.25) is 19.7 Å². The van der Waals surface area contributed by atoms with Gasteiger partial charge >= 0.3 is 0 Å². The van der Waals surface area contributed by atoms with Crippen LogP contribution in [0.15, 0.2) is 41.5 Å². The summed E-state index contributed by atoms with van der Waals surface area (Å²) < 4.78 is 0. The molecular formula is C13H11NO3. The van der Waals surface area contributed by atoms with Gasteiger partial charge < -0.3 is 0 Å². The molecule has 0 saturated carbocycles. The standard InChI is InChI=1S/C13H11NO3/c1-8-10(13(17)14-12(8)16)7-11(15)9-5-3-2-4-6-9/h2-6H,7H2,1H3,(H,14,16,17). The summed E-state index contributed by atoms with van der Waals surface area (Å²) in [6, 6.07) is 8.70. The molecule has 2 amide bonds. The molecule has 4 nitrogen and oxygen atoms in total. The molecular weight excluding hydrogens is 218 g/mol. The van der Waals surface area contributed by atoms with Gasteiger partial charge in [-0.25, -0.2) is 0 Å². The Morgan fingerprint density at radius 3 is 2.29 bits per heavy atom. The summed E-state index contributed by atoms with van der Waals surface area (Å²) in [7, 11) is 0. The van der Waals surface area contributed by atoms with E-state index in [9.17, 15) is 14.4 Å². The van der Waals surface area contributed by atoms with Gasteiger partial charge in [0, 0.05) is 23.1 Å². The molecule has 1 aromatic carbocycles. The maximum absolute atomic E-state index is 11.9. The number of nitrogens with one attached hydrogen (secondary N) is 1. The second-order valence-corrected chi connectivity index (χ2v) is 3.85. The highest BCUT2D eigenvalue weighted by Crippen LogP contribution is 2.18. The number of amides is 2. The van der Waals surface area contributed by atoms with Crippen LogP contribution in [0, 0.1) is 0 Å². The van der Waals surface area contributed by atoms with E-state index in [2.05, 4.69) is 5.32 Å². The third-order valence-corrected chi connectivity index (χ3v) is 2.73. The Morgan fingerprint density at radius 2 is 1.76 bits per heavy atom. The van der Waals surface area contributed by atoms with E-state index in [4.69, 9.17) is 0 Å². The van der Waals surface area contributed by atoms with Crippen LogP contribution in [0.25, 0.3) is 0 Å². The quantitative estimate of drug-likeness (QED) is 0.626. The van der Waals surface area contributed by atoms with Gasteiger partial charge in [-0.1, -0.05) is 30.3 Å². The Kier molecular flexibility index (Phi) is 2.87. The van der Waals surface area contributed by atoms with Crippen molar-refractivity contribution in [2.24, 2.45) is 0 Å². The van der Waals surface area contributed by atoms with Gasteiger partial charge in [0.25, 0.3) is 11.8 Å². The molecule has 1 aliphatic heterocycles. The highest BCUT2D eigenvalue weighted by atomic mass is 16.2. The zero-order chi connectivity index (χ0) is 12.4. The van der Waals surface area contributed by atoms with Gasteiger partial charge in [-0.2, -0.15) is 0 Å². The van der Waals surface area contributed by atoms with Crippen molar-refractivity contribution in [3.05, 3.63) is 47.0 Å². The van der Waals surface area contributed by atoms with Crippen LogP contribution in [0.3, 0.4) is 0 Å². The third kappa shape index (κ3) is 2.15. The minimum atomic E-state index is -0.461. The summed E-state index contributed by atoms with van der Waals surface area (Å²) in [6.45, 7) is 1.55. The van der Waals surface area contributed by atoms with Crippen LogP contribution >= 0.6 is 0 Å². The van der Waals surface area contributed by atoms with E-state index in [1.807, 2.05) is 6.07 Å². The first-order valence-corrected chi connectivity index (χ1v) is 5.23. The molecule has 1 aromatic rings. The fourth-order valence-electron chi connectivity index (χ4n) is 1.68. The lowest BCUT2D eigenvalue weighted by Crippen LogP contribution is -2.23. The van der Waals surface area contributed by atoms with E-state index < -0.39 is 11.8 Å². The monoisotopic (exact) mass is 229 g/mol. The van der Waals surface area contributed by atoms with Crippen molar-refractivity contribution in [2.45, 2.75) is 13.3 Å². The molecule has 4 heteroatoms. The van der Waals surface area contributed by atoms with Crippen molar-refractivity contribution < 1.29 is 14.4 Å². The molecule has 1 aliphatic rings. The van der Waals surface area contributed by atoms with Gasteiger partial charge in [-0.05, 0) is 6.92 Å². The maximum Gasteiger partial charge on any atom is 0.254 e. The Morgan fingerprint density at radius 1 is 1.12 bits per heavy atom. The van der Waals surface area contributed by atoms with Gasteiger partial charge in [0.15, 0.2) is 5.78 Å². The summed E-state index contributed by atoms with van der Waals surface area (Å²) in [6.07, 6.45) is -0.0343. The Balaban J connectivity index is 2.21. The molecule has 0 bridgehead atoms. The van der Waals surface area contributed by atoms with E-state index in [0.717, 1.165) is 0 Å². The van der Waals surface area contributed by atoms with Gasteiger partial charge in [0.1, 0.15) is 0 Å². The second-order valence-electron chi connectivity index (χ2n) is 3.85. The lowest BCUT2D eigenvalue weighted by molar-refractivity contribution is -0.124. The number of benzene rings is 1. The minimum Gasteiger partial charge on any atom is -0.294 e. The first kappa shape index (κ1) is 11.3. The zero-order valence-corrected chi connectivity index (χ0v) is 9.32. The smallest absolute Gasteiger partial charge is 0.254 e. The first-order valence-electron chi connectivity index (χ1n) is 5.23. The SMILES string of the molecule is CC1=C(CC(=O)c2ccccc2)C(=O)NC1=O. The van der Waals surface area contributed by atoms with Gasteiger partial charge in [0.2, 0.25) is 0 Å². The van der Waals surface area contributed by atoms with Crippen molar-refractivity contribution in [2.75, 3.05) is 0 Å². The largest absolute Gasteiger partial charge is 0.294 e. The molecule has 0 spiro atoms. The van der Waals surface area contributed by atoms with E-state index >= 15 is 0 Å². The van der Waals surface area contributed by atoms with E-state index in [1.54, 1.807) is 31.2 Å². The van der Waals surface area contributed by atoms with Crippen molar-refractivity contribution in [1.29, 1.82) is 0 Å². The molecule has 1 heterocycles. The minimum absolute atomic E-state index is 0.0343. The summed E-state index contributed by atoms with van der Waals surface area (Å²) in [5.74, 6) is -1.03. The number of imide groups is 1. The first-order chi connectivity index (χ1) is 8.09. The second kappa shape index (κ2) is 4.33. The van der Waals surface area contributed by atoms with Gasteiger partial charge in [0.05, 0.1) is 0 Å². The van der Waals surface area contributed by atoms with Crippen LogP contribution in [0.5, 0.6) is 0 Å².